The van der Waals surface area contributed by atoms with E-state index in [0.29, 0.717) is 19.1 Å². The van der Waals surface area contributed by atoms with E-state index < -0.39 is 6.29 Å². The first-order valence-corrected chi connectivity index (χ1v) is 18.7. The fourth-order valence-corrected chi connectivity index (χ4v) is 7.88. The lowest BCUT2D eigenvalue weighted by Gasteiger charge is -2.43. The van der Waals surface area contributed by atoms with E-state index in [2.05, 4.69) is 75.9 Å². The molecule has 268 valence electrons. The number of amides is 2. The van der Waals surface area contributed by atoms with Crippen LogP contribution in [0.1, 0.15) is 72.8 Å². The minimum atomic E-state index is -0.493. The van der Waals surface area contributed by atoms with Gasteiger partial charge in [-0.1, -0.05) is 104 Å². The van der Waals surface area contributed by atoms with E-state index in [4.69, 9.17) is 9.47 Å². The number of carbonyl (C=O) groups excluding carboxylic acids is 1. The number of urea groups is 1. The monoisotopic (exact) mass is 688 g/mol. The number of benzene rings is 4. The van der Waals surface area contributed by atoms with Crippen LogP contribution in [-0.4, -0.2) is 65.8 Å². The van der Waals surface area contributed by atoms with E-state index in [9.17, 15) is 9.90 Å². The topological polar surface area (TPSA) is 86.3 Å². The third-order valence-corrected chi connectivity index (χ3v) is 10.9. The molecule has 3 heterocycles. The normalized spacial score (nSPS) is 24.1. The standard InChI is InChI=1S/C43H52N4O4/c1-31-40(29-47-24-8-13-39(47)28-46-22-5-6-23-46)50-42(51-41(31)36-16-14-33(30-48)15-17-36)37-20-18-35(19-21-37)38-12-7-11-34(25-38)27-45-43(49)44-26-32-9-3-2-4-10-32/h2-4,7,9-12,14-21,25,31,39-42,48H,5-6,8,13,22-24,26-30H2,1H3,(H2,44,45,49)/t31-,39+,40+,41+,42+/m1/s1. The van der Waals surface area contributed by atoms with Gasteiger partial charge in [0.2, 0.25) is 0 Å². The summed E-state index contributed by atoms with van der Waals surface area (Å²) in [6.07, 6.45) is 4.53. The molecule has 2 amide bonds. The van der Waals surface area contributed by atoms with Gasteiger partial charge in [-0.25, -0.2) is 4.79 Å². The minimum Gasteiger partial charge on any atom is -0.392 e. The van der Waals surface area contributed by atoms with Crippen molar-refractivity contribution in [2.75, 3.05) is 32.7 Å². The van der Waals surface area contributed by atoms with E-state index in [1.807, 2.05) is 54.6 Å². The molecule has 0 aliphatic carbocycles. The van der Waals surface area contributed by atoms with Crippen molar-refractivity contribution in [2.45, 2.75) is 76.8 Å². The van der Waals surface area contributed by atoms with E-state index >= 15 is 0 Å². The molecule has 0 bridgehead atoms. The van der Waals surface area contributed by atoms with Crippen LogP contribution in [0, 0.1) is 5.92 Å². The van der Waals surface area contributed by atoms with Gasteiger partial charge in [-0.05, 0) is 84.8 Å². The van der Waals surface area contributed by atoms with Crippen molar-refractivity contribution < 1.29 is 19.4 Å². The van der Waals surface area contributed by atoms with E-state index in [0.717, 1.165) is 58.6 Å². The zero-order chi connectivity index (χ0) is 35.0. The quantitative estimate of drug-likeness (QED) is 0.146. The van der Waals surface area contributed by atoms with Crippen LogP contribution in [0.2, 0.25) is 0 Å². The van der Waals surface area contributed by atoms with Crippen molar-refractivity contribution >= 4 is 6.03 Å². The Morgan fingerprint density at radius 1 is 0.725 bits per heavy atom. The van der Waals surface area contributed by atoms with E-state index in [-0.39, 0.29) is 30.8 Å². The lowest BCUT2D eigenvalue weighted by atomic mass is 9.89. The first-order valence-electron chi connectivity index (χ1n) is 18.7. The Morgan fingerprint density at radius 2 is 1.43 bits per heavy atom. The second-order valence-corrected chi connectivity index (χ2v) is 14.5. The third kappa shape index (κ3) is 9.07. The van der Waals surface area contributed by atoms with Crippen LogP contribution >= 0.6 is 0 Å². The molecule has 3 fully saturated rings. The lowest BCUT2D eigenvalue weighted by Crippen LogP contribution is -2.48. The van der Waals surface area contributed by atoms with Crippen LogP contribution in [0.25, 0.3) is 11.1 Å². The summed E-state index contributed by atoms with van der Waals surface area (Å²) in [7, 11) is 0. The summed E-state index contributed by atoms with van der Waals surface area (Å²) in [5.41, 5.74) is 7.28. The van der Waals surface area contributed by atoms with Gasteiger partial charge in [-0.2, -0.15) is 0 Å². The number of nitrogens with one attached hydrogen (secondary N) is 2. The maximum Gasteiger partial charge on any atom is 0.315 e. The number of aliphatic hydroxyl groups is 1. The summed E-state index contributed by atoms with van der Waals surface area (Å²) in [6.45, 7) is 8.84. The summed E-state index contributed by atoms with van der Waals surface area (Å²) in [6, 6.07) is 35.2. The number of carbonyl (C=O) groups is 1. The molecule has 0 radical (unpaired) electrons. The van der Waals surface area contributed by atoms with Crippen LogP contribution in [0.3, 0.4) is 0 Å². The summed E-state index contributed by atoms with van der Waals surface area (Å²) in [5, 5.41) is 15.6. The maximum absolute atomic E-state index is 12.4. The molecule has 0 spiro atoms. The van der Waals surface area contributed by atoms with Gasteiger partial charge < -0.3 is 30.1 Å². The Hall–Kier alpha value is -4.05. The SMILES string of the molecule is C[C@@H]1[C@H](CN2CCC[C@H]2CN2CCCC2)O[C@H](c2ccc(-c3cccc(CNC(=O)NCc4ccccc4)c3)cc2)O[C@@H]1c1ccc(CO)cc1. The average molecular weight is 689 g/mol. The highest BCUT2D eigenvalue weighted by molar-refractivity contribution is 5.74. The predicted octanol–water partition coefficient (Wildman–Crippen LogP) is 7.20. The molecule has 8 nitrogen and oxygen atoms in total. The Morgan fingerprint density at radius 3 is 2.18 bits per heavy atom. The summed E-state index contributed by atoms with van der Waals surface area (Å²) >= 11 is 0. The molecule has 7 rings (SSSR count). The molecule has 3 aliphatic heterocycles. The second-order valence-electron chi connectivity index (χ2n) is 14.5. The van der Waals surface area contributed by atoms with Gasteiger partial charge in [0, 0.05) is 43.7 Å². The van der Waals surface area contributed by atoms with Crippen LogP contribution in [0.15, 0.2) is 103 Å². The third-order valence-electron chi connectivity index (χ3n) is 10.9. The van der Waals surface area contributed by atoms with Gasteiger partial charge >= 0.3 is 6.03 Å². The molecule has 51 heavy (non-hydrogen) atoms. The van der Waals surface area contributed by atoms with Crippen LogP contribution in [-0.2, 0) is 29.2 Å². The zero-order valence-corrected chi connectivity index (χ0v) is 29.8. The Labute approximate surface area is 302 Å². The fourth-order valence-electron chi connectivity index (χ4n) is 7.88. The number of rotatable bonds is 12. The first-order chi connectivity index (χ1) is 25.0. The molecular weight excluding hydrogens is 636 g/mol. The molecule has 0 unspecified atom stereocenters. The number of aliphatic hydroxyl groups excluding tert-OH is 1. The van der Waals surface area contributed by atoms with Gasteiger partial charge in [-0.15, -0.1) is 0 Å². The number of ether oxygens (including phenoxy) is 2. The van der Waals surface area contributed by atoms with Gasteiger partial charge in [0.15, 0.2) is 6.29 Å². The molecule has 3 aliphatic rings. The number of nitrogens with zero attached hydrogens (tertiary/aromatic N) is 2. The zero-order valence-electron chi connectivity index (χ0n) is 29.8. The smallest absolute Gasteiger partial charge is 0.315 e. The van der Waals surface area contributed by atoms with Gasteiger partial charge in [0.1, 0.15) is 0 Å². The fraction of sp³-hybridized carbons (Fsp3) is 0.419. The molecule has 4 aromatic rings. The van der Waals surface area contributed by atoms with Crippen molar-refractivity contribution in [3.8, 4) is 11.1 Å². The highest BCUT2D eigenvalue weighted by atomic mass is 16.7. The Kier molecular flexibility index (Phi) is 11.8. The molecule has 0 saturated carbocycles. The molecule has 5 atom stereocenters. The molecular formula is C43H52N4O4. The minimum absolute atomic E-state index is 0.0131. The highest BCUT2D eigenvalue weighted by Gasteiger charge is 2.40. The number of hydrogen-bond acceptors (Lipinski definition) is 6. The van der Waals surface area contributed by atoms with Crippen molar-refractivity contribution in [1.82, 2.24) is 20.4 Å². The van der Waals surface area contributed by atoms with Crippen molar-refractivity contribution in [3.05, 3.63) is 131 Å². The molecule has 3 N–H and O–H groups in total. The molecule has 3 saturated heterocycles. The largest absolute Gasteiger partial charge is 0.392 e. The molecule has 0 aromatic heterocycles. The summed E-state index contributed by atoms with van der Waals surface area (Å²) in [5.74, 6) is 0.158. The Bertz CT molecular complexity index is 1690. The van der Waals surface area contributed by atoms with Crippen molar-refractivity contribution in [2.24, 2.45) is 5.92 Å². The van der Waals surface area contributed by atoms with Crippen LogP contribution in [0.5, 0.6) is 0 Å². The molecule has 8 heteroatoms. The lowest BCUT2D eigenvalue weighted by molar-refractivity contribution is -0.276. The molecule has 4 aromatic carbocycles. The highest BCUT2D eigenvalue weighted by Crippen LogP contribution is 2.42. The number of hydrogen-bond donors (Lipinski definition) is 3. The van der Waals surface area contributed by atoms with Gasteiger partial charge in [0.25, 0.3) is 0 Å². The summed E-state index contributed by atoms with van der Waals surface area (Å²) < 4.78 is 13.6. The van der Waals surface area contributed by atoms with Crippen molar-refractivity contribution in [1.29, 1.82) is 0 Å². The maximum atomic E-state index is 12.4. The second kappa shape index (κ2) is 17.0. The van der Waals surface area contributed by atoms with E-state index in [1.54, 1.807) is 0 Å². The summed E-state index contributed by atoms with van der Waals surface area (Å²) in [4.78, 5) is 17.8. The average Bonchev–Trinajstić information content (AvgIpc) is 3.87. The van der Waals surface area contributed by atoms with Gasteiger partial charge in [-0.3, -0.25) is 4.90 Å². The predicted molar refractivity (Wildman–Crippen MR) is 201 cm³/mol. The first kappa shape index (κ1) is 35.4. The van der Waals surface area contributed by atoms with Gasteiger partial charge in [0.05, 0.1) is 18.8 Å². The Balaban J connectivity index is 1.03. The van der Waals surface area contributed by atoms with Crippen LogP contribution < -0.4 is 10.6 Å². The number of likely N-dealkylation sites (tertiary alicyclic amines) is 2. The van der Waals surface area contributed by atoms with Crippen molar-refractivity contribution in [3.63, 3.8) is 0 Å². The van der Waals surface area contributed by atoms with E-state index in [1.165, 1.54) is 38.8 Å². The van der Waals surface area contributed by atoms with Crippen LogP contribution in [0.4, 0.5) is 4.79 Å².